The van der Waals surface area contributed by atoms with Crippen molar-refractivity contribution in [3.8, 4) is 0 Å². The summed E-state index contributed by atoms with van der Waals surface area (Å²) in [5.41, 5.74) is 0.545. The third-order valence-electron chi connectivity index (χ3n) is 3.03. The standard InChI is InChI=1S/C16H25NOS/c1-7-16(5,6)14(18)17-12-8-10-13(11-9-12)19-15(2,3)4/h8-11H,7H2,1-6H3,(H,17,18). The number of hydrogen-bond donors (Lipinski definition) is 1. The maximum Gasteiger partial charge on any atom is 0.230 e. The van der Waals surface area contributed by atoms with Gasteiger partial charge in [-0.25, -0.2) is 0 Å². The average Bonchev–Trinajstić information content (AvgIpc) is 2.29. The highest BCUT2D eigenvalue weighted by molar-refractivity contribution is 8.00. The van der Waals surface area contributed by atoms with E-state index >= 15 is 0 Å². The molecule has 0 aliphatic rings. The van der Waals surface area contributed by atoms with Gasteiger partial charge in [0.25, 0.3) is 0 Å². The topological polar surface area (TPSA) is 29.1 Å². The largest absolute Gasteiger partial charge is 0.326 e. The van der Waals surface area contributed by atoms with Crippen molar-refractivity contribution in [3.05, 3.63) is 24.3 Å². The van der Waals surface area contributed by atoms with Crippen LogP contribution in [-0.2, 0) is 4.79 Å². The van der Waals surface area contributed by atoms with Crippen LogP contribution in [0.3, 0.4) is 0 Å². The highest BCUT2D eigenvalue weighted by Gasteiger charge is 2.25. The fourth-order valence-corrected chi connectivity index (χ4v) is 2.40. The Morgan fingerprint density at radius 2 is 1.63 bits per heavy atom. The third-order valence-corrected chi connectivity index (χ3v) is 4.16. The molecule has 0 aliphatic heterocycles. The Hall–Kier alpha value is -0.960. The zero-order chi connectivity index (χ0) is 14.7. The molecular formula is C16H25NOS. The molecule has 0 spiro atoms. The molecule has 0 saturated carbocycles. The van der Waals surface area contributed by atoms with Gasteiger partial charge in [-0.3, -0.25) is 4.79 Å². The van der Waals surface area contributed by atoms with E-state index in [0.717, 1.165) is 12.1 Å². The number of thioether (sulfide) groups is 1. The Kier molecular flexibility index (Phi) is 5.08. The lowest BCUT2D eigenvalue weighted by molar-refractivity contribution is -0.124. The van der Waals surface area contributed by atoms with E-state index < -0.39 is 0 Å². The second kappa shape index (κ2) is 6.00. The van der Waals surface area contributed by atoms with Crippen LogP contribution in [0.1, 0.15) is 48.0 Å². The van der Waals surface area contributed by atoms with E-state index in [-0.39, 0.29) is 16.1 Å². The van der Waals surface area contributed by atoms with Crippen LogP contribution in [0.4, 0.5) is 5.69 Å². The molecule has 0 unspecified atom stereocenters. The van der Waals surface area contributed by atoms with Crippen LogP contribution in [0.5, 0.6) is 0 Å². The van der Waals surface area contributed by atoms with Gasteiger partial charge in [0, 0.05) is 20.7 Å². The molecule has 106 valence electrons. The van der Waals surface area contributed by atoms with E-state index in [4.69, 9.17) is 0 Å². The maximum atomic E-state index is 12.1. The second-order valence-corrected chi connectivity index (χ2v) is 8.33. The molecular weight excluding hydrogens is 254 g/mol. The lowest BCUT2D eigenvalue weighted by atomic mass is 9.89. The summed E-state index contributed by atoms with van der Waals surface area (Å²) in [6.45, 7) is 12.5. The summed E-state index contributed by atoms with van der Waals surface area (Å²) in [5, 5.41) is 2.97. The predicted octanol–water partition coefficient (Wildman–Crippen LogP) is 4.95. The fraction of sp³-hybridized carbons (Fsp3) is 0.562. The molecule has 0 heterocycles. The Morgan fingerprint density at radius 1 is 1.11 bits per heavy atom. The molecule has 0 radical (unpaired) electrons. The summed E-state index contributed by atoms with van der Waals surface area (Å²) in [6, 6.07) is 8.06. The van der Waals surface area contributed by atoms with Gasteiger partial charge >= 0.3 is 0 Å². The van der Waals surface area contributed by atoms with Crippen molar-refractivity contribution in [1.29, 1.82) is 0 Å². The van der Waals surface area contributed by atoms with Gasteiger partial charge in [-0.1, -0.05) is 41.5 Å². The number of hydrogen-bond acceptors (Lipinski definition) is 2. The summed E-state index contributed by atoms with van der Waals surface area (Å²) < 4.78 is 0.203. The second-order valence-electron chi connectivity index (χ2n) is 6.43. The van der Waals surface area contributed by atoms with Crippen LogP contribution in [0.15, 0.2) is 29.2 Å². The van der Waals surface area contributed by atoms with Crippen molar-refractivity contribution in [2.75, 3.05) is 5.32 Å². The Bertz CT molecular complexity index is 429. The van der Waals surface area contributed by atoms with Crippen LogP contribution in [0.2, 0.25) is 0 Å². The summed E-state index contributed by atoms with van der Waals surface area (Å²) in [6.07, 6.45) is 0.830. The van der Waals surface area contributed by atoms with E-state index in [1.807, 2.05) is 44.7 Å². The van der Waals surface area contributed by atoms with Gasteiger partial charge in [-0.05, 0) is 30.7 Å². The number of nitrogens with one attached hydrogen (secondary N) is 1. The van der Waals surface area contributed by atoms with E-state index in [1.165, 1.54) is 4.90 Å². The molecule has 0 saturated heterocycles. The summed E-state index contributed by atoms with van der Waals surface area (Å²) in [4.78, 5) is 13.3. The van der Waals surface area contributed by atoms with Gasteiger partial charge < -0.3 is 5.32 Å². The molecule has 1 aromatic rings. The molecule has 19 heavy (non-hydrogen) atoms. The van der Waals surface area contributed by atoms with Crippen LogP contribution >= 0.6 is 11.8 Å². The summed E-state index contributed by atoms with van der Waals surface area (Å²) in [5.74, 6) is 0.0752. The summed E-state index contributed by atoms with van der Waals surface area (Å²) >= 11 is 1.83. The van der Waals surface area contributed by atoms with Crippen molar-refractivity contribution in [2.24, 2.45) is 5.41 Å². The molecule has 0 fully saturated rings. The number of carbonyl (C=O) groups excluding carboxylic acids is 1. The van der Waals surface area contributed by atoms with E-state index in [9.17, 15) is 4.79 Å². The minimum atomic E-state index is -0.321. The molecule has 1 rings (SSSR count). The first kappa shape index (κ1) is 16.1. The van der Waals surface area contributed by atoms with Gasteiger partial charge in [0.1, 0.15) is 0 Å². The number of rotatable bonds is 4. The highest BCUT2D eigenvalue weighted by atomic mass is 32.2. The van der Waals surface area contributed by atoms with Gasteiger partial charge in [0.2, 0.25) is 5.91 Å². The molecule has 1 N–H and O–H groups in total. The van der Waals surface area contributed by atoms with Crippen molar-refractivity contribution in [2.45, 2.75) is 57.6 Å². The smallest absolute Gasteiger partial charge is 0.230 e. The van der Waals surface area contributed by atoms with Crippen molar-refractivity contribution in [1.82, 2.24) is 0 Å². The van der Waals surface area contributed by atoms with E-state index in [0.29, 0.717) is 0 Å². The van der Waals surface area contributed by atoms with Crippen LogP contribution in [0, 0.1) is 5.41 Å². The number of benzene rings is 1. The van der Waals surface area contributed by atoms with Crippen molar-refractivity contribution >= 4 is 23.4 Å². The lowest BCUT2D eigenvalue weighted by Gasteiger charge is -2.22. The van der Waals surface area contributed by atoms with Gasteiger partial charge in [0.15, 0.2) is 0 Å². The molecule has 0 atom stereocenters. The van der Waals surface area contributed by atoms with Crippen LogP contribution in [0.25, 0.3) is 0 Å². The quantitative estimate of drug-likeness (QED) is 0.790. The van der Waals surface area contributed by atoms with E-state index in [1.54, 1.807) is 0 Å². The number of amides is 1. The highest BCUT2D eigenvalue weighted by Crippen LogP contribution is 2.32. The molecule has 0 aliphatic carbocycles. The van der Waals surface area contributed by atoms with Crippen LogP contribution < -0.4 is 5.32 Å². The molecule has 2 nitrogen and oxygen atoms in total. The minimum absolute atomic E-state index is 0.0752. The maximum absolute atomic E-state index is 12.1. The number of carbonyl (C=O) groups is 1. The third kappa shape index (κ3) is 5.27. The Morgan fingerprint density at radius 3 is 2.05 bits per heavy atom. The zero-order valence-corrected chi connectivity index (χ0v) is 13.6. The Labute approximate surface area is 121 Å². The first-order valence-corrected chi connectivity index (χ1v) is 7.56. The molecule has 1 amide bonds. The lowest BCUT2D eigenvalue weighted by Crippen LogP contribution is -2.29. The molecule has 0 aromatic heterocycles. The summed E-state index contributed by atoms with van der Waals surface area (Å²) in [7, 11) is 0. The average molecular weight is 279 g/mol. The minimum Gasteiger partial charge on any atom is -0.326 e. The molecule has 0 bridgehead atoms. The molecule has 1 aromatic carbocycles. The molecule has 3 heteroatoms. The zero-order valence-electron chi connectivity index (χ0n) is 12.8. The van der Waals surface area contributed by atoms with E-state index in [2.05, 4.69) is 38.2 Å². The first-order chi connectivity index (χ1) is 8.64. The Balaban J connectivity index is 2.70. The van der Waals surface area contributed by atoms with Crippen molar-refractivity contribution in [3.63, 3.8) is 0 Å². The first-order valence-electron chi connectivity index (χ1n) is 6.74. The monoisotopic (exact) mass is 279 g/mol. The fourth-order valence-electron chi connectivity index (χ4n) is 1.42. The van der Waals surface area contributed by atoms with Gasteiger partial charge in [-0.2, -0.15) is 0 Å². The normalized spacial score (nSPS) is 12.3. The SMILES string of the molecule is CCC(C)(C)C(=O)Nc1ccc(SC(C)(C)C)cc1. The number of anilines is 1. The predicted molar refractivity (Wildman–Crippen MR) is 84.8 cm³/mol. The van der Waals surface area contributed by atoms with Gasteiger partial charge in [0.05, 0.1) is 0 Å². The van der Waals surface area contributed by atoms with Crippen molar-refractivity contribution < 1.29 is 4.79 Å². The van der Waals surface area contributed by atoms with Crippen LogP contribution in [-0.4, -0.2) is 10.7 Å². The van der Waals surface area contributed by atoms with Gasteiger partial charge in [-0.15, -0.1) is 11.8 Å².